The van der Waals surface area contributed by atoms with Gasteiger partial charge in [-0.15, -0.1) is 0 Å². The van der Waals surface area contributed by atoms with Gasteiger partial charge in [0, 0.05) is 38.1 Å². The molecule has 0 radical (unpaired) electrons. The highest BCUT2D eigenvalue weighted by Gasteiger charge is 2.11. The zero-order chi connectivity index (χ0) is 9.45. The zero-order valence-corrected chi connectivity index (χ0v) is 10.7. The fourth-order valence-corrected chi connectivity index (χ4v) is 1.60. The van der Waals surface area contributed by atoms with Crippen LogP contribution in [0.15, 0.2) is 0 Å². The van der Waals surface area contributed by atoms with Crippen molar-refractivity contribution in [3.05, 3.63) is 0 Å². The molecule has 0 aromatic rings. The lowest BCUT2D eigenvalue weighted by atomic mass is 10.7. The zero-order valence-electron chi connectivity index (χ0n) is 6.66. The summed E-state index contributed by atoms with van der Waals surface area (Å²) >= 11 is 5.66. The second-order valence-corrected chi connectivity index (χ2v) is 11.4. The second kappa shape index (κ2) is 7.47. The number of hydrogen-bond donors (Lipinski definition) is 0. The Bertz CT molecular complexity index is 148. The Kier molecular flexibility index (Phi) is 8.14. The molecule has 0 aliphatic heterocycles. The molecule has 0 spiro atoms. The van der Waals surface area contributed by atoms with Crippen LogP contribution >= 0.6 is 35.8 Å². The van der Waals surface area contributed by atoms with E-state index in [1.807, 2.05) is 0 Å². The standard InChI is InChI=1S/C5H11Br2O4P/c1-9-2-3-10-4-5-11-12(6,7)8/h2-5H2,1H3. The van der Waals surface area contributed by atoms with Crippen LogP contribution in [0.25, 0.3) is 0 Å². The summed E-state index contributed by atoms with van der Waals surface area (Å²) in [6, 6.07) is 0. The van der Waals surface area contributed by atoms with Gasteiger partial charge in [-0.3, -0.25) is 4.57 Å². The summed E-state index contributed by atoms with van der Waals surface area (Å²) in [5.41, 5.74) is 0. The molecule has 0 rings (SSSR count). The van der Waals surface area contributed by atoms with Gasteiger partial charge in [-0.25, -0.2) is 0 Å². The number of ether oxygens (including phenoxy) is 2. The first-order valence-electron chi connectivity index (χ1n) is 3.27. The quantitative estimate of drug-likeness (QED) is 0.533. The van der Waals surface area contributed by atoms with Crippen LogP contribution < -0.4 is 0 Å². The van der Waals surface area contributed by atoms with Gasteiger partial charge in [-0.1, -0.05) is 0 Å². The second-order valence-electron chi connectivity index (χ2n) is 1.85. The van der Waals surface area contributed by atoms with E-state index in [-0.39, 0.29) is 6.61 Å². The van der Waals surface area contributed by atoms with Crippen molar-refractivity contribution in [1.29, 1.82) is 0 Å². The predicted molar refractivity (Wildman–Crippen MR) is 54.1 cm³/mol. The van der Waals surface area contributed by atoms with Crippen molar-refractivity contribution in [3.8, 4) is 0 Å². The van der Waals surface area contributed by atoms with Gasteiger partial charge in [-0.2, -0.15) is 0 Å². The minimum Gasteiger partial charge on any atom is -0.382 e. The summed E-state index contributed by atoms with van der Waals surface area (Å²) in [6.45, 7) is 1.77. The molecule has 0 atom stereocenters. The van der Waals surface area contributed by atoms with Crippen molar-refractivity contribution in [2.75, 3.05) is 33.5 Å². The van der Waals surface area contributed by atoms with Crippen LogP contribution in [0.1, 0.15) is 0 Å². The number of methoxy groups -OCH3 is 1. The highest BCUT2D eigenvalue weighted by atomic mass is 79.9. The summed E-state index contributed by atoms with van der Waals surface area (Å²) in [5, 5.41) is 0. The third-order valence-electron chi connectivity index (χ3n) is 0.901. The Labute approximate surface area is 87.9 Å². The van der Waals surface area contributed by atoms with Gasteiger partial charge in [0.25, 0.3) is 0 Å². The summed E-state index contributed by atoms with van der Waals surface area (Å²) in [7, 11) is 1.60. The van der Waals surface area contributed by atoms with Crippen molar-refractivity contribution in [2.24, 2.45) is 0 Å². The van der Waals surface area contributed by atoms with Crippen molar-refractivity contribution in [2.45, 2.75) is 0 Å². The van der Waals surface area contributed by atoms with Gasteiger partial charge in [0.1, 0.15) is 0 Å². The van der Waals surface area contributed by atoms with Crippen molar-refractivity contribution < 1.29 is 18.6 Å². The van der Waals surface area contributed by atoms with Crippen LogP contribution in [0.5, 0.6) is 0 Å². The highest BCUT2D eigenvalue weighted by molar-refractivity contribution is 9.70. The molecule has 74 valence electrons. The first-order valence-corrected chi connectivity index (χ1v) is 8.93. The monoisotopic (exact) mass is 324 g/mol. The predicted octanol–water partition coefficient (Wildman–Crippen LogP) is 2.56. The smallest absolute Gasteiger partial charge is 0.328 e. The third kappa shape index (κ3) is 11.1. The summed E-state index contributed by atoms with van der Waals surface area (Å²) < 4.78 is 22.8. The Hall–Kier alpha value is 1.07. The van der Waals surface area contributed by atoms with Gasteiger partial charge in [0.2, 0.25) is 0 Å². The molecule has 0 heterocycles. The van der Waals surface area contributed by atoms with E-state index in [9.17, 15) is 4.57 Å². The van der Waals surface area contributed by atoms with Gasteiger partial charge in [0.05, 0.1) is 26.4 Å². The van der Waals surface area contributed by atoms with Gasteiger partial charge >= 0.3 is 4.77 Å². The molecular weight excluding hydrogens is 315 g/mol. The largest absolute Gasteiger partial charge is 0.382 e. The summed E-state index contributed by atoms with van der Waals surface area (Å²) in [6.07, 6.45) is 0. The maximum Gasteiger partial charge on any atom is 0.328 e. The van der Waals surface area contributed by atoms with Crippen LogP contribution in [-0.4, -0.2) is 33.5 Å². The fourth-order valence-electron chi connectivity index (χ4n) is 0.447. The molecule has 0 aromatic heterocycles. The van der Waals surface area contributed by atoms with E-state index >= 15 is 0 Å². The molecule has 0 unspecified atom stereocenters. The molecule has 0 fully saturated rings. The minimum absolute atomic E-state index is 0.289. The van der Waals surface area contributed by atoms with E-state index in [1.165, 1.54) is 0 Å². The van der Waals surface area contributed by atoms with Gasteiger partial charge in [0.15, 0.2) is 0 Å². The molecule has 0 aliphatic carbocycles. The molecule has 0 aromatic carbocycles. The van der Waals surface area contributed by atoms with E-state index in [4.69, 9.17) is 14.0 Å². The van der Waals surface area contributed by atoms with Crippen LogP contribution in [-0.2, 0) is 18.6 Å². The SMILES string of the molecule is COCCOCCOP(=O)(Br)Br. The lowest BCUT2D eigenvalue weighted by Gasteiger charge is -2.05. The molecule has 0 amide bonds. The van der Waals surface area contributed by atoms with Crippen LogP contribution in [0.2, 0.25) is 0 Å². The highest BCUT2D eigenvalue weighted by Crippen LogP contribution is 2.62. The van der Waals surface area contributed by atoms with Crippen LogP contribution in [0.4, 0.5) is 0 Å². The summed E-state index contributed by atoms with van der Waals surface area (Å²) in [5.74, 6) is 0. The van der Waals surface area contributed by atoms with E-state index in [0.29, 0.717) is 19.8 Å². The third-order valence-corrected chi connectivity index (χ3v) is 2.61. The van der Waals surface area contributed by atoms with E-state index in [2.05, 4.69) is 31.0 Å². The summed E-state index contributed by atoms with van der Waals surface area (Å²) in [4.78, 5) is 0. The van der Waals surface area contributed by atoms with Crippen molar-refractivity contribution >= 4 is 35.8 Å². The van der Waals surface area contributed by atoms with Crippen LogP contribution in [0, 0.1) is 0 Å². The number of hydrogen-bond acceptors (Lipinski definition) is 4. The molecule has 0 saturated heterocycles. The maximum atomic E-state index is 10.8. The molecule has 0 N–H and O–H groups in total. The molecule has 0 aliphatic rings. The average Bonchev–Trinajstić information content (AvgIpc) is 1.94. The van der Waals surface area contributed by atoms with Crippen molar-refractivity contribution in [1.82, 2.24) is 0 Å². The molecule has 12 heavy (non-hydrogen) atoms. The first kappa shape index (κ1) is 13.1. The number of rotatable bonds is 7. The Morgan fingerprint density at radius 2 is 1.75 bits per heavy atom. The maximum absolute atomic E-state index is 10.8. The lowest BCUT2D eigenvalue weighted by Crippen LogP contribution is -2.06. The molecule has 7 heteroatoms. The first-order chi connectivity index (χ1) is 5.56. The fraction of sp³-hybridized carbons (Fsp3) is 1.00. The van der Waals surface area contributed by atoms with E-state index in [0.717, 1.165) is 0 Å². The molecule has 0 saturated carbocycles. The van der Waals surface area contributed by atoms with Crippen molar-refractivity contribution in [3.63, 3.8) is 0 Å². The Morgan fingerprint density at radius 1 is 1.17 bits per heavy atom. The average molecular weight is 326 g/mol. The Balaban J connectivity index is 3.06. The Morgan fingerprint density at radius 3 is 2.25 bits per heavy atom. The van der Waals surface area contributed by atoms with Crippen LogP contribution in [0.3, 0.4) is 0 Å². The van der Waals surface area contributed by atoms with E-state index < -0.39 is 4.77 Å². The topological polar surface area (TPSA) is 44.8 Å². The lowest BCUT2D eigenvalue weighted by molar-refractivity contribution is 0.0561. The molecular formula is C5H11Br2O4P. The van der Waals surface area contributed by atoms with Gasteiger partial charge < -0.3 is 14.0 Å². The normalized spacial score (nSPS) is 11.9. The molecule has 0 bridgehead atoms. The minimum atomic E-state index is -2.71. The van der Waals surface area contributed by atoms with Gasteiger partial charge in [-0.05, 0) is 0 Å². The molecule has 4 nitrogen and oxygen atoms in total. The number of halogens is 2. The van der Waals surface area contributed by atoms with E-state index in [1.54, 1.807) is 7.11 Å².